The summed E-state index contributed by atoms with van der Waals surface area (Å²) in [6.07, 6.45) is 4.16. The number of H-pyrrole nitrogens is 1. The van der Waals surface area contributed by atoms with Crippen LogP contribution in [-0.4, -0.2) is 50.3 Å². The molecule has 8 nitrogen and oxygen atoms in total. The summed E-state index contributed by atoms with van der Waals surface area (Å²) in [6, 6.07) is -0.0338. The lowest BCUT2D eigenvalue weighted by Crippen LogP contribution is -2.41. The molecule has 1 aromatic rings. The van der Waals surface area contributed by atoms with E-state index < -0.39 is 5.97 Å². The lowest BCUT2D eigenvalue weighted by molar-refractivity contribution is -0.126. The summed E-state index contributed by atoms with van der Waals surface area (Å²) in [4.78, 5) is 35.8. The Bertz CT molecular complexity index is 627. The first-order valence-electron chi connectivity index (χ1n) is 6.99. The molecule has 0 aromatic carbocycles. The van der Waals surface area contributed by atoms with Crippen molar-refractivity contribution < 1.29 is 14.7 Å². The van der Waals surface area contributed by atoms with Crippen molar-refractivity contribution in [1.29, 1.82) is 0 Å². The molecule has 0 spiro atoms. The molecule has 3 rings (SSSR count). The highest BCUT2D eigenvalue weighted by Gasteiger charge is 2.34. The van der Waals surface area contributed by atoms with Crippen molar-refractivity contribution in [2.24, 2.45) is 4.99 Å². The highest BCUT2D eigenvalue weighted by atomic mass is 35.5. The number of aromatic nitrogens is 2. The monoisotopic (exact) mass is 327 g/mol. The predicted octanol–water partition coefficient (Wildman–Crippen LogP) is 0.838. The number of carboxylic acids is 1. The standard InChI is InChI=1S/C13H17N5O3.ClH/c14-12-11(13(20)21)16-8(17-12)5-7-3-1-2-4-9-15-6-10(19)18(7)9;/h7H,1-6,14H2,(H,16,17)(H,20,21);1H. The third-order valence-corrected chi connectivity index (χ3v) is 3.92. The van der Waals surface area contributed by atoms with Crippen molar-refractivity contribution in [1.82, 2.24) is 14.9 Å². The molecule has 0 bridgehead atoms. The summed E-state index contributed by atoms with van der Waals surface area (Å²) in [5.74, 6) is 0.200. The quantitative estimate of drug-likeness (QED) is 0.758. The van der Waals surface area contributed by atoms with Crippen LogP contribution < -0.4 is 5.73 Å². The molecule has 1 saturated heterocycles. The van der Waals surface area contributed by atoms with Gasteiger partial charge in [-0.15, -0.1) is 12.4 Å². The second kappa shape index (κ2) is 6.35. The van der Waals surface area contributed by atoms with Crippen LogP contribution in [-0.2, 0) is 11.2 Å². The topological polar surface area (TPSA) is 125 Å². The van der Waals surface area contributed by atoms with Gasteiger partial charge in [-0.3, -0.25) is 14.7 Å². The maximum Gasteiger partial charge on any atom is 0.356 e. The zero-order valence-electron chi connectivity index (χ0n) is 11.9. The van der Waals surface area contributed by atoms with Gasteiger partial charge in [0, 0.05) is 18.9 Å². The Morgan fingerprint density at radius 3 is 2.91 bits per heavy atom. The molecule has 9 heteroatoms. The van der Waals surface area contributed by atoms with Crippen LogP contribution in [0, 0.1) is 0 Å². The second-order valence-corrected chi connectivity index (χ2v) is 5.35. The minimum Gasteiger partial charge on any atom is -0.476 e. The summed E-state index contributed by atoms with van der Waals surface area (Å²) < 4.78 is 0. The van der Waals surface area contributed by atoms with Crippen LogP contribution in [0.2, 0.25) is 0 Å². The van der Waals surface area contributed by atoms with Crippen LogP contribution >= 0.6 is 12.4 Å². The van der Waals surface area contributed by atoms with Crippen molar-refractivity contribution in [3.05, 3.63) is 11.5 Å². The predicted molar refractivity (Wildman–Crippen MR) is 82.3 cm³/mol. The lowest BCUT2D eigenvalue weighted by Gasteiger charge is -2.26. The third kappa shape index (κ3) is 2.92. The van der Waals surface area contributed by atoms with Crippen molar-refractivity contribution in [2.75, 3.05) is 12.3 Å². The Morgan fingerprint density at radius 2 is 2.23 bits per heavy atom. The summed E-state index contributed by atoms with van der Waals surface area (Å²) in [7, 11) is 0. The van der Waals surface area contributed by atoms with Crippen LogP contribution in [0.5, 0.6) is 0 Å². The molecule has 1 fully saturated rings. The molecule has 0 saturated carbocycles. The normalized spacial score (nSPS) is 20.9. The summed E-state index contributed by atoms with van der Waals surface area (Å²) in [5, 5.41) is 8.99. The molecule has 3 heterocycles. The average Bonchev–Trinajstić information content (AvgIpc) is 2.90. The molecule has 0 aliphatic carbocycles. The number of fused-ring (bicyclic) bond motifs is 1. The Hall–Kier alpha value is -2.09. The molecule has 2 aliphatic rings. The van der Waals surface area contributed by atoms with Gasteiger partial charge in [-0.05, 0) is 12.8 Å². The molecule has 1 amide bonds. The van der Waals surface area contributed by atoms with Crippen LogP contribution in [0.3, 0.4) is 0 Å². The Morgan fingerprint density at radius 1 is 1.45 bits per heavy atom. The van der Waals surface area contributed by atoms with Gasteiger partial charge in [0.15, 0.2) is 11.5 Å². The van der Waals surface area contributed by atoms with E-state index in [1.807, 2.05) is 0 Å². The highest BCUT2D eigenvalue weighted by Crippen LogP contribution is 2.25. The number of amidine groups is 1. The number of carbonyl (C=O) groups excluding carboxylic acids is 1. The summed E-state index contributed by atoms with van der Waals surface area (Å²) >= 11 is 0. The number of hydrogen-bond acceptors (Lipinski definition) is 5. The first kappa shape index (κ1) is 16.3. The van der Waals surface area contributed by atoms with E-state index >= 15 is 0 Å². The Labute approximate surface area is 133 Å². The number of nitrogen functional groups attached to an aromatic ring is 1. The second-order valence-electron chi connectivity index (χ2n) is 5.35. The van der Waals surface area contributed by atoms with E-state index in [0.717, 1.165) is 31.5 Å². The zero-order valence-corrected chi connectivity index (χ0v) is 12.7. The number of aromatic amines is 1. The number of nitrogens with two attached hydrogens (primary N) is 1. The van der Waals surface area contributed by atoms with Gasteiger partial charge >= 0.3 is 5.97 Å². The number of amides is 1. The van der Waals surface area contributed by atoms with E-state index in [9.17, 15) is 9.59 Å². The van der Waals surface area contributed by atoms with Crippen LogP contribution in [0.25, 0.3) is 0 Å². The smallest absolute Gasteiger partial charge is 0.356 e. The number of aliphatic imine (C=N–C) groups is 1. The SMILES string of the molecule is Cl.Nc1nc(CC2CCCCC3=NCC(=O)N32)[nH]c1C(=O)O. The summed E-state index contributed by atoms with van der Waals surface area (Å²) in [6.45, 7) is 0.215. The van der Waals surface area contributed by atoms with Gasteiger partial charge in [0.05, 0.1) is 0 Å². The largest absolute Gasteiger partial charge is 0.476 e. The maximum absolute atomic E-state index is 12.0. The number of nitrogens with zero attached hydrogens (tertiary/aromatic N) is 3. The number of carboxylic acid groups (broad SMARTS) is 1. The molecule has 2 aliphatic heterocycles. The molecule has 1 atom stereocenters. The Kier molecular flexibility index (Phi) is 4.70. The number of hydrogen-bond donors (Lipinski definition) is 3. The van der Waals surface area contributed by atoms with Gasteiger partial charge in [-0.2, -0.15) is 0 Å². The number of aromatic carboxylic acids is 1. The van der Waals surface area contributed by atoms with E-state index in [1.54, 1.807) is 4.90 Å². The van der Waals surface area contributed by atoms with Gasteiger partial charge in [-0.1, -0.05) is 6.42 Å². The third-order valence-electron chi connectivity index (χ3n) is 3.92. The van der Waals surface area contributed by atoms with Crippen molar-refractivity contribution >= 4 is 35.9 Å². The van der Waals surface area contributed by atoms with Crippen molar-refractivity contribution in [2.45, 2.75) is 38.1 Å². The number of nitrogens with one attached hydrogen (secondary N) is 1. The molecule has 120 valence electrons. The molecule has 0 radical (unpaired) electrons. The molecular weight excluding hydrogens is 310 g/mol. The van der Waals surface area contributed by atoms with Crippen LogP contribution in [0.1, 0.15) is 42.0 Å². The first-order chi connectivity index (χ1) is 10.1. The minimum atomic E-state index is -1.13. The molecule has 22 heavy (non-hydrogen) atoms. The van der Waals surface area contributed by atoms with Gasteiger partial charge < -0.3 is 15.8 Å². The average molecular weight is 328 g/mol. The maximum atomic E-state index is 12.0. The Balaban J connectivity index is 0.00000176. The van der Waals surface area contributed by atoms with E-state index in [1.165, 1.54) is 0 Å². The molecule has 1 unspecified atom stereocenters. The van der Waals surface area contributed by atoms with Gasteiger partial charge in [-0.25, -0.2) is 9.78 Å². The van der Waals surface area contributed by atoms with Crippen molar-refractivity contribution in [3.8, 4) is 0 Å². The van der Waals surface area contributed by atoms with Gasteiger partial charge in [0.25, 0.3) is 0 Å². The minimum absolute atomic E-state index is 0. The summed E-state index contributed by atoms with van der Waals surface area (Å²) in [5.41, 5.74) is 5.49. The van der Waals surface area contributed by atoms with Crippen LogP contribution in [0.15, 0.2) is 4.99 Å². The fraction of sp³-hybridized carbons (Fsp3) is 0.538. The molecule has 4 N–H and O–H groups in total. The number of anilines is 1. The first-order valence-corrected chi connectivity index (χ1v) is 6.99. The number of imidazole rings is 1. The van der Waals surface area contributed by atoms with Gasteiger partial charge in [0.2, 0.25) is 5.91 Å². The van der Waals surface area contributed by atoms with E-state index in [4.69, 9.17) is 10.8 Å². The fourth-order valence-corrected chi connectivity index (χ4v) is 2.98. The fourth-order valence-electron chi connectivity index (χ4n) is 2.98. The highest BCUT2D eigenvalue weighted by molar-refractivity contribution is 6.04. The van der Waals surface area contributed by atoms with Crippen LogP contribution in [0.4, 0.5) is 5.82 Å². The van der Waals surface area contributed by atoms with Gasteiger partial charge in [0.1, 0.15) is 18.2 Å². The van der Waals surface area contributed by atoms with E-state index in [2.05, 4.69) is 15.0 Å². The molecular formula is C13H18ClN5O3. The molecule has 1 aromatic heterocycles. The van der Waals surface area contributed by atoms with E-state index in [0.29, 0.717) is 12.2 Å². The number of carbonyl (C=O) groups is 2. The van der Waals surface area contributed by atoms with Crippen molar-refractivity contribution in [3.63, 3.8) is 0 Å². The number of halogens is 1. The zero-order chi connectivity index (χ0) is 15.0. The van der Waals surface area contributed by atoms with E-state index in [-0.39, 0.29) is 42.4 Å². The lowest BCUT2D eigenvalue weighted by atomic mass is 10.1. The number of rotatable bonds is 3.